The van der Waals surface area contributed by atoms with Gasteiger partial charge in [0.05, 0.1) is 6.21 Å². The van der Waals surface area contributed by atoms with E-state index in [9.17, 15) is 0 Å². The summed E-state index contributed by atoms with van der Waals surface area (Å²) in [5.41, 5.74) is 0.851. The SMILES string of the molecule is CC1(C)CC[C@H](CC2C=NN=N2)C1(C)C. The molecule has 3 nitrogen and oxygen atoms in total. The number of hydrogen-bond donors (Lipinski definition) is 0. The maximum Gasteiger partial charge on any atom is 0.110 e. The van der Waals surface area contributed by atoms with Gasteiger partial charge in [0.15, 0.2) is 0 Å². The van der Waals surface area contributed by atoms with E-state index in [4.69, 9.17) is 0 Å². The molecule has 2 atom stereocenters. The molecule has 0 aromatic rings. The molecule has 0 aromatic heterocycles. The fourth-order valence-electron chi connectivity index (χ4n) is 2.82. The Bertz CT molecular complexity index is 290. The van der Waals surface area contributed by atoms with E-state index in [0.29, 0.717) is 10.8 Å². The summed E-state index contributed by atoms with van der Waals surface area (Å²) in [6.45, 7) is 9.57. The molecular formula is C12H21N3. The Labute approximate surface area is 92.1 Å². The van der Waals surface area contributed by atoms with E-state index in [1.807, 2.05) is 6.21 Å². The molecule has 1 saturated carbocycles. The first-order chi connectivity index (χ1) is 6.93. The lowest BCUT2D eigenvalue weighted by Crippen LogP contribution is -2.33. The Morgan fingerprint density at radius 2 is 2.00 bits per heavy atom. The van der Waals surface area contributed by atoms with E-state index in [1.165, 1.54) is 12.8 Å². The third kappa shape index (κ3) is 1.72. The minimum Gasteiger partial charge on any atom is -0.160 e. The van der Waals surface area contributed by atoms with Crippen LogP contribution < -0.4 is 0 Å². The zero-order valence-electron chi connectivity index (χ0n) is 10.2. The van der Waals surface area contributed by atoms with E-state index in [2.05, 4.69) is 43.1 Å². The number of hydrogen-bond acceptors (Lipinski definition) is 3. The fraction of sp³-hybridized carbons (Fsp3) is 0.917. The second kappa shape index (κ2) is 3.39. The van der Waals surface area contributed by atoms with Crippen LogP contribution in [-0.4, -0.2) is 12.3 Å². The Balaban J connectivity index is 2.05. The van der Waals surface area contributed by atoms with Gasteiger partial charge in [-0.25, -0.2) is 0 Å². The standard InChI is InChI=1S/C12H21N3/c1-11(2)6-5-9(12(11,3)4)7-10-8-13-15-14-10/h8-10H,5-7H2,1-4H3/t9-,10?/m1/s1. The molecule has 1 aliphatic heterocycles. The maximum atomic E-state index is 4.12. The molecule has 0 saturated heterocycles. The van der Waals surface area contributed by atoms with Crippen molar-refractivity contribution in [1.82, 2.24) is 0 Å². The summed E-state index contributed by atoms with van der Waals surface area (Å²) in [5.74, 6) is 0.751. The second-order valence-electron chi connectivity index (χ2n) is 6.11. The molecule has 2 rings (SSSR count). The van der Waals surface area contributed by atoms with Crippen molar-refractivity contribution in [3.63, 3.8) is 0 Å². The molecule has 1 unspecified atom stereocenters. The zero-order chi connectivity index (χ0) is 11.1. The fourth-order valence-corrected chi connectivity index (χ4v) is 2.82. The van der Waals surface area contributed by atoms with Gasteiger partial charge in [0.2, 0.25) is 0 Å². The van der Waals surface area contributed by atoms with Crippen molar-refractivity contribution in [1.29, 1.82) is 0 Å². The minimum absolute atomic E-state index is 0.239. The highest BCUT2D eigenvalue weighted by atomic mass is 15.4. The van der Waals surface area contributed by atoms with Gasteiger partial charge in [0, 0.05) is 0 Å². The van der Waals surface area contributed by atoms with Crippen molar-refractivity contribution in [3.05, 3.63) is 0 Å². The molecule has 3 heteroatoms. The first kappa shape index (κ1) is 10.8. The smallest absolute Gasteiger partial charge is 0.110 e. The highest BCUT2D eigenvalue weighted by Gasteiger charge is 2.48. The summed E-state index contributed by atoms with van der Waals surface area (Å²) in [4.78, 5) is 0. The third-order valence-corrected chi connectivity index (χ3v) is 4.90. The molecule has 2 aliphatic rings. The average Bonchev–Trinajstić information content (AvgIpc) is 2.69. The van der Waals surface area contributed by atoms with Crippen LogP contribution in [0.1, 0.15) is 47.0 Å². The number of nitrogens with zero attached hydrogens (tertiary/aromatic N) is 3. The van der Waals surface area contributed by atoms with E-state index in [-0.39, 0.29) is 6.04 Å². The van der Waals surface area contributed by atoms with Gasteiger partial charge in [0.25, 0.3) is 0 Å². The van der Waals surface area contributed by atoms with Crippen LogP contribution in [0.25, 0.3) is 0 Å². The van der Waals surface area contributed by atoms with Crippen LogP contribution >= 0.6 is 0 Å². The summed E-state index contributed by atoms with van der Waals surface area (Å²) in [6.07, 6.45) is 5.64. The predicted octanol–water partition coefficient (Wildman–Crippen LogP) is 3.66. The summed E-state index contributed by atoms with van der Waals surface area (Å²) in [5, 5.41) is 11.6. The molecule has 1 aliphatic carbocycles. The molecule has 0 radical (unpaired) electrons. The minimum atomic E-state index is 0.239. The molecule has 1 heterocycles. The quantitative estimate of drug-likeness (QED) is 0.662. The van der Waals surface area contributed by atoms with Crippen LogP contribution in [0.2, 0.25) is 0 Å². The van der Waals surface area contributed by atoms with Crippen LogP contribution in [-0.2, 0) is 0 Å². The summed E-state index contributed by atoms with van der Waals surface area (Å²) in [6, 6.07) is 0.239. The molecule has 84 valence electrons. The first-order valence-corrected chi connectivity index (χ1v) is 5.87. The zero-order valence-corrected chi connectivity index (χ0v) is 10.2. The van der Waals surface area contributed by atoms with Crippen molar-refractivity contribution in [2.75, 3.05) is 0 Å². The molecule has 0 N–H and O–H groups in total. The van der Waals surface area contributed by atoms with Crippen molar-refractivity contribution in [3.8, 4) is 0 Å². The van der Waals surface area contributed by atoms with Gasteiger partial charge in [-0.3, -0.25) is 0 Å². The van der Waals surface area contributed by atoms with Gasteiger partial charge in [-0.2, -0.15) is 5.11 Å². The summed E-state index contributed by atoms with van der Waals surface area (Å²) < 4.78 is 0. The molecular weight excluding hydrogens is 186 g/mol. The van der Waals surface area contributed by atoms with E-state index in [1.54, 1.807) is 0 Å². The van der Waals surface area contributed by atoms with Gasteiger partial charge in [-0.15, -0.1) is 5.10 Å². The predicted molar refractivity (Wildman–Crippen MR) is 62.0 cm³/mol. The molecule has 0 aromatic carbocycles. The Morgan fingerprint density at radius 3 is 2.47 bits per heavy atom. The molecule has 1 fully saturated rings. The first-order valence-electron chi connectivity index (χ1n) is 5.87. The highest BCUT2D eigenvalue weighted by molar-refractivity contribution is 5.65. The van der Waals surface area contributed by atoms with Crippen LogP contribution in [0.3, 0.4) is 0 Å². The molecule has 0 amide bonds. The van der Waals surface area contributed by atoms with E-state index in [0.717, 1.165) is 12.3 Å². The normalized spacial score (nSPS) is 36.3. The number of rotatable bonds is 2. The topological polar surface area (TPSA) is 37.1 Å². The summed E-state index contributed by atoms with van der Waals surface area (Å²) >= 11 is 0. The highest BCUT2D eigenvalue weighted by Crippen LogP contribution is 2.56. The van der Waals surface area contributed by atoms with Gasteiger partial charge >= 0.3 is 0 Å². The van der Waals surface area contributed by atoms with Crippen LogP contribution in [0, 0.1) is 16.7 Å². The Hall–Kier alpha value is -0.730. The van der Waals surface area contributed by atoms with Gasteiger partial charge in [-0.1, -0.05) is 27.7 Å². The van der Waals surface area contributed by atoms with E-state index < -0.39 is 0 Å². The lowest BCUT2D eigenvalue weighted by atomic mass is 9.66. The molecule has 0 bridgehead atoms. The Kier molecular flexibility index (Phi) is 2.44. The van der Waals surface area contributed by atoms with Crippen molar-refractivity contribution >= 4 is 6.21 Å². The van der Waals surface area contributed by atoms with E-state index >= 15 is 0 Å². The van der Waals surface area contributed by atoms with Crippen molar-refractivity contribution < 1.29 is 0 Å². The lowest BCUT2D eigenvalue weighted by molar-refractivity contribution is 0.102. The van der Waals surface area contributed by atoms with Gasteiger partial charge in [-0.05, 0) is 41.2 Å². The van der Waals surface area contributed by atoms with Gasteiger partial charge in [0.1, 0.15) is 6.04 Å². The average molecular weight is 207 g/mol. The molecule has 0 spiro atoms. The van der Waals surface area contributed by atoms with Gasteiger partial charge < -0.3 is 0 Å². The third-order valence-electron chi connectivity index (χ3n) is 4.90. The summed E-state index contributed by atoms with van der Waals surface area (Å²) in [7, 11) is 0. The van der Waals surface area contributed by atoms with Crippen molar-refractivity contribution in [2.24, 2.45) is 32.2 Å². The van der Waals surface area contributed by atoms with Crippen LogP contribution in [0.5, 0.6) is 0 Å². The largest absolute Gasteiger partial charge is 0.160 e. The van der Waals surface area contributed by atoms with Crippen molar-refractivity contribution in [2.45, 2.75) is 53.0 Å². The monoisotopic (exact) mass is 207 g/mol. The van der Waals surface area contributed by atoms with Crippen LogP contribution in [0.15, 0.2) is 15.4 Å². The second-order valence-corrected chi connectivity index (χ2v) is 6.11. The maximum absolute atomic E-state index is 4.12. The Morgan fingerprint density at radius 1 is 1.27 bits per heavy atom. The van der Waals surface area contributed by atoms with Crippen LogP contribution in [0.4, 0.5) is 0 Å². The molecule has 15 heavy (non-hydrogen) atoms. The lowest BCUT2D eigenvalue weighted by Gasteiger charge is -2.39.